The first-order valence-electron chi connectivity index (χ1n) is 10.8. The standard InChI is InChI=1S/C26H27N3O2/c30-25(24(21-8-3-1-4-9-21)22-10-5-2-6-11-22)28-18-20-13-16-29(17-14-20)26(31)23-12-7-15-27-19-23/h1-12,15,19-20,24H,13-14,16-18H2,(H,28,30). The fourth-order valence-corrected chi connectivity index (χ4v) is 4.15. The zero-order valence-electron chi connectivity index (χ0n) is 17.5. The van der Waals surface area contributed by atoms with Gasteiger partial charge >= 0.3 is 0 Å². The molecule has 4 rings (SSSR count). The van der Waals surface area contributed by atoms with E-state index >= 15 is 0 Å². The molecule has 0 bridgehead atoms. The zero-order chi connectivity index (χ0) is 21.5. The smallest absolute Gasteiger partial charge is 0.255 e. The van der Waals surface area contributed by atoms with E-state index in [4.69, 9.17) is 0 Å². The number of nitrogens with zero attached hydrogens (tertiary/aromatic N) is 2. The third-order valence-corrected chi connectivity index (χ3v) is 5.90. The number of pyridine rings is 1. The molecule has 5 heteroatoms. The Kier molecular flexibility index (Phi) is 6.72. The number of benzene rings is 2. The van der Waals surface area contributed by atoms with Gasteiger partial charge in [0.05, 0.1) is 11.5 Å². The molecule has 0 unspecified atom stereocenters. The Hall–Kier alpha value is -3.47. The lowest BCUT2D eigenvalue weighted by atomic mass is 9.90. The van der Waals surface area contributed by atoms with Crippen LogP contribution >= 0.6 is 0 Å². The van der Waals surface area contributed by atoms with E-state index in [0.29, 0.717) is 31.1 Å². The van der Waals surface area contributed by atoms with Gasteiger partial charge in [-0.05, 0) is 42.0 Å². The summed E-state index contributed by atoms with van der Waals surface area (Å²) in [5, 5.41) is 3.17. The summed E-state index contributed by atoms with van der Waals surface area (Å²) < 4.78 is 0. The molecule has 0 atom stereocenters. The molecule has 0 aliphatic carbocycles. The summed E-state index contributed by atoms with van der Waals surface area (Å²) >= 11 is 0. The van der Waals surface area contributed by atoms with E-state index in [1.165, 1.54) is 0 Å². The summed E-state index contributed by atoms with van der Waals surface area (Å²) in [6.07, 6.45) is 5.05. The van der Waals surface area contributed by atoms with Crippen LogP contribution in [0, 0.1) is 5.92 Å². The van der Waals surface area contributed by atoms with E-state index in [2.05, 4.69) is 10.3 Å². The second-order valence-corrected chi connectivity index (χ2v) is 7.98. The first kappa shape index (κ1) is 20.8. The molecule has 1 aliphatic rings. The molecular formula is C26H27N3O2. The monoisotopic (exact) mass is 413 g/mol. The van der Waals surface area contributed by atoms with Gasteiger partial charge in [-0.25, -0.2) is 0 Å². The molecule has 3 aromatic rings. The summed E-state index contributed by atoms with van der Waals surface area (Å²) in [6, 6.07) is 23.4. The normalized spacial score (nSPS) is 14.4. The van der Waals surface area contributed by atoms with E-state index in [-0.39, 0.29) is 17.7 Å². The van der Waals surface area contributed by atoms with Gasteiger partial charge in [0, 0.05) is 32.0 Å². The Labute approximate surface area is 183 Å². The van der Waals surface area contributed by atoms with Crippen molar-refractivity contribution >= 4 is 11.8 Å². The van der Waals surface area contributed by atoms with E-state index in [1.54, 1.807) is 24.5 Å². The Morgan fingerprint density at radius 2 is 1.52 bits per heavy atom. The predicted molar refractivity (Wildman–Crippen MR) is 121 cm³/mol. The van der Waals surface area contributed by atoms with Crippen molar-refractivity contribution in [3.63, 3.8) is 0 Å². The summed E-state index contributed by atoms with van der Waals surface area (Å²) in [7, 11) is 0. The number of piperidine rings is 1. The lowest BCUT2D eigenvalue weighted by Crippen LogP contribution is -2.42. The molecule has 2 amide bonds. The van der Waals surface area contributed by atoms with E-state index in [0.717, 1.165) is 24.0 Å². The van der Waals surface area contributed by atoms with Crippen molar-refractivity contribution < 1.29 is 9.59 Å². The number of amides is 2. The third-order valence-electron chi connectivity index (χ3n) is 5.90. The maximum Gasteiger partial charge on any atom is 0.255 e. The van der Waals surface area contributed by atoms with Crippen LogP contribution in [0.25, 0.3) is 0 Å². The predicted octanol–water partition coefficient (Wildman–Crippen LogP) is 3.88. The van der Waals surface area contributed by atoms with Crippen LogP contribution < -0.4 is 5.32 Å². The fourth-order valence-electron chi connectivity index (χ4n) is 4.15. The molecule has 5 nitrogen and oxygen atoms in total. The van der Waals surface area contributed by atoms with Crippen LogP contribution in [-0.4, -0.2) is 41.3 Å². The molecule has 0 spiro atoms. The van der Waals surface area contributed by atoms with Gasteiger partial charge in [-0.2, -0.15) is 0 Å². The Balaban J connectivity index is 1.34. The van der Waals surface area contributed by atoms with Gasteiger partial charge in [-0.15, -0.1) is 0 Å². The SMILES string of the molecule is O=C(NCC1CCN(C(=O)c2cccnc2)CC1)C(c1ccccc1)c1ccccc1. The van der Waals surface area contributed by atoms with Gasteiger partial charge in [-0.3, -0.25) is 14.6 Å². The largest absolute Gasteiger partial charge is 0.355 e. The number of hydrogen-bond acceptors (Lipinski definition) is 3. The lowest BCUT2D eigenvalue weighted by molar-refractivity contribution is -0.122. The quantitative estimate of drug-likeness (QED) is 0.667. The van der Waals surface area contributed by atoms with Crippen molar-refractivity contribution in [1.82, 2.24) is 15.2 Å². The minimum atomic E-state index is -0.324. The first-order chi connectivity index (χ1) is 15.2. The molecule has 1 saturated heterocycles. The molecule has 1 aromatic heterocycles. The Bertz CT molecular complexity index is 945. The molecule has 1 N–H and O–H groups in total. The summed E-state index contributed by atoms with van der Waals surface area (Å²) in [5.74, 6) is 0.0961. The van der Waals surface area contributed by atoms with Gasteiger partial charge in [0.25, 0.3) is 5.91 Å². The van der Waals surface area contributed by atoms with Crippen LogP contribution in [0.5, 0.6) is 0 Å². The minimum absolute atomic E-state index is 0.0197. The number of nitrogens with one attached hydrogen (secondary N) is 1. The highest BCUT2D eigenvalue weighted by Gasteiger charge is 2.26. The Morgan fingerprint density at radius 1 is 0.903 bits per heavy atom. The van der Waals surface area contributed by atoms with Crippen molar-refractivity contribution in [3.8, 4) is 0 Å². The second kappa shape index (κ2) is 10.0. The van der Waals surface area contributed by atoms with Crippen LogP contribution in [0.15, 0.2) is 85.2 Å². The maximum absolute atomic E-state index is 13.2. The van der Waals surface area contributed by atoms with Gasteiger partial charge in [0.1, 0.15) is 0 Å². The average Bonchev–Trinajstić information content (AvgIpc) is 2.85. The third kappa shape index (κ3) is 5.18. The number of hydrogen-bond donors (Lipinski definition) is 1. The molecule has 1 fully saturated rings. The number of carbonyl (C=O) groups is 2. The van der Waals surface area contributed by atoms with E-state index in [1.807, 2.05) is 65.6 Å². The van der Waals surface area contributed by atoms with Crippen LogP contribution in [0.4, 0.5) is 0 Å². The van der Waals surface area contributed by atoms with Crippen molar-refractivity contribution in [3.05, 3.63) is 102 Å². The molecule has 2 heterocycles. The summed E-state index contributed by atoms with van der Waals surface area (Å²) in [5.41, 5.74) is 2.61. The molecule has 0 radical (unpaired) electrons. The number of likely N-dealkylation sites (tertiary alicyclic amines) is 1. The van der Waals surface area contributed by atoms with Crippen LogP contribution in [0.1, 0.15) is 40.2 Å². The highest BCUT2D eigenvalue weighted by Crippen LogP contribution is 2.25. The molecule has 0 saturated carbocycles. The van der Waals surface area contributed by atoms with Crippen molar-refractivity contribution in [2.24, 2.45) is 5.92 Å². The fraction of sp³-hybridized carbons (Fsp3) is 0.269. The first-order valence-corrected chi connectivity index (χ1v) is 10.8. The Morgan fingerprint density at radius 3 is 2.06 bits per heavy atom. The topological polar surface area (TPSA) is 62.3 Å². The molecular weight excluding hydrogens is 386 g/mol. The molecule has 2 aromatic carbocycles. The summed E-state index contributed by atoms with van der Waals surface area (Å²) in [6.45, 7) is 2.04. The highest BCUT2D eigenvalue weighted by molar-refractivity contribution is 5.94. The second-order valence-electron chi connectivity index (χ2n) is 7.98. The number of carbonyl (C=O) groups excluding carboxylic acids is 2. The van der Waals surface area contributed by atoms with Gasteiger partial charge in [-0.1, -0.05) is 60.7 Å². The van der Waals surface area contributed by atoms with Crippen LogP contribution in [-0.2, 0) is 4.79 Å². The minimum Gasteiger partial charge on any atom is -0.355 e. The van der Waals surface area contributed by atoms with Gasteiger partial charge in [0.2, 0.25) is 5.91 Å². The highest BCUT2D eigenvalue weighted by atomic mass is 16.2. The van der Waals surface area contributed by atoms with Crippen molar-refractivity contribution in [2.45, 2.75) is 18.8 Å². The van der Waals surface area contributed by atoms with Crippen molar-refractivity contribution in [2.75, 3.05) is 19.6 Å². The van der Waals surface area contributed by atoms with Crippen molar-refractivity contribution in [1.29, 1.82) is 0 Å². The van der Waals surface area contributed by atoms with Crippen LogP contribution in [0.3, 0.4) is 0 Å². The summed E-state index contributed by atoms with van der Waals surface area (Å²) in [4.78, 5) is 31.7. The van der Waals surface area contributed by atoms with Gasteiger partial charge in [0.15, 0.2) is 0 Å². The molecule has 158 valence electrons. The van der Waals surface area contributed by atoms with E-state index in [9.17, 15) is 9.59 Å². The average molecular weight is 414 g/mol. The lowest BCUT2D eigenvalue weighted by Gasteiger charge is -2.32. The number of aromatic nitrogens is 1. The maximum atomic E-state index is 13.2. The molecule has 1 aliphatic heterocycles. The van der Waals surface area contributed by atoms with Gasteiger partial charge < -0.3 is 10.2 Å². The van der Waals surface area contributed by atoms with Crippen LogP contribution in [0.2, 0.25) is 0 Å². The number of rotatable bonds is 6. The van der Waals surface area contributed by atoms with E-state index < -0.39 is 0 Å². The molecule has 31 heavy (non-hydrogen) atoms. The zero-order valence-corrected chi connectivity index (χ0v) is 17.5.